The second-order valence-electron chi connectivity index (χ2n) is 3.32. The van der Waals surface area contributed by atoms with Gasteiger partial charge in [-0.25, -0.2) is 4.79 Å². The van der Waals surface area contributed by atoms with E-state index in [4.69, 9.17) is 16.3 Å². The SMILES string of the molecule is CC1(C)COC(=O)/C1=C\C(=O)Cl. The van der Waals surface area contributed by atoms with Gasteiger partial charge in [0.05, 0.1) is 5.57 Å². The maximum Gasteiger partial charge on any atom is 0.334 e. The molecule has 0 unspecified atom stereocenters. The van der Waals surface area contributed by atoms with Crippen molar-refractivity contribution in [2.24, 2.45) is 5.41 Å². The highest BCUT2D eigenvalue weighted by atomic mass is 35.5. The van der Waals surface area contributed by atoms with Gasteiger partial charge in [-0.15, -0.1) is 0 Å². The van der Waals surface area contributed by atoms with E-state index in [1.807, 2.05) is 13.8 Å². The van der Waals surface area contributed by atoms with Gasteiger partial charge in [-0.2, -0.15) is 0 Å². The van der Waals surface area contributed by atoms with Crippen LogP contribution >= 0.6 is 11.6 Å². The quantitative estimate of drug-likeness (QED) is 0.354. The molecule has 1 heterocycles. The van der Waals surface area contributed by atoms with Crippen LogP contribution in [0.5, 0.6) is 0 Å². The summed E-state index contributed by atoms with van der Waals surface area (Å²) in [6.07, 6.45) is 1.12. The molecule has 0 aromatic heterocycles. The molecule has 0 aliphatic carbocycles. The van der Waals surface area contributed by atoms with Crippen LogP contribution in [0, 0.1) is 5.41 Å². The van der Waals surface area contributed by atoms with Gasteiger partial charge in [0.2, 0.25) is 5.24 Å². The predicted octanol–water partition coefficient (Wildman–Crippen LogP) is 1.26. The predicted molar refractivity (Wildman–Crippen MR) is 43.7 cm³/mol. The van der Waals surface area contributed by atoms with Crippen molar-refractivity contribution in [3.63, 3.8) is 0 Å². The van der Waals surface area contributed by atoms with Crippen molar-refractivity contribution in [1.82, 2.24) is 0 Å². The highest BCUT2D eigenvalue weighted by Crippen LogP contribution is 2.33. The van der Waals surface area contributed by atoms with Crippen LogP contribution < -0.4 is 0 Å². The van der Waals surface area contributed by atoms with E-state index in [0.29, 0.717) is 12.2 Å². The fourth-order valence-electron chi connectivity index (χ4n) is 1.05. The van der Waals surface area contributed by atoms with Crippen LogP contribution in [0.25, 0.3) is 0 Å². The average molecular weight is 189 g/mol. The van der Waals surface area contributed by atoms with E-state index in [0.717, 1.165) is 6.08 Å². The molecule has 1 rings (SSSR count). The molecule has 0 aromatic rings. The number of carbonyl (C=O) groups is 2. The summed E-state index contributed by atoms with van der Waals surface area (Å²) in [7, 11) is 0. The van der Waals surface area contributed by atoms with Crippen LogP contribution in [-0.2, 0) is 14.3 Å². The van der Waals surface area contributed by atoms with Crippen molar-refractivity contribution in [3.05, 3.63) is 11.6 Å². The van der Waals surface area contributed by atoms with E-state index < -0.39 is 16.6 Å². The second kappa shape index (κ2) is 2.90. The number of carbonyl (C=O) groups excluding carboxylic acids is 2. The molecule has 66 valence electrons. The van der Waals surface area contributed by atoms with E-state index in [-0.39, 0.29) is 0 Å². The van der Waals surface area contributed by atoms with E-state index >= 15 is 0 Å². The molecule has 0 radical (unpaired) electrons. The first-order chi connectivity index (χ1) is 5.43. The smallest absolute Gasteiger partial charge is 0.334 e. The molecule has 4 heteroatoms. The molecule has 0 bridgehead atoms. The Morgan fingerprint density at radius 1 is 1.67 bits per heavy atom. The fraction of sp³-hybridized carbons (Fsp3) is 0.500. The minimum absolute atomic E-state index is 0.307. The monoisotopic (exact) mass is 188 g/mol. The van der Waals surface area contributed by atoms with Crippen molar-refractivity contribution in [1.29, 1.82) is 0 Å². The Morgan fingerprint density at radius 2 is 2.25 bits per heavy atom. The van der Waals surface area contributed by atoms with Crippen molar-refractivity contribution < 1.29 is 14.3 Å². The average Bonchev–Trinajstić information content (AvgIpc) is 2.15. The Labute approximate surface area is 75.3 Å². The molecule has 1 fully saturated rings. The molecule has 0 aromatic carbocycles. The number of halogens is 1. The van der Waals surface area contributed by atoms with Gasteiger partial charge in [-0.05, 0) is 11.6 Å². The van der Waals surface area contributed by atoms with Crippen LogP contribution in [0.1, 0.15) is 13.8 Å². The Hall–Kier alpha value is -0.830. The van der Waals surface area contributed by atoms with Crippen LogP contribution in [-0.4, -0.2) is 17.8 Å². The van der Waals surface area contributed by atoms with E-state index in [1.54, 1.807) is 0 Å². The number of esters is 1. The first-order valence-corrected chi connectivity index (χ1v) is 3.90. The molecule has 0 amide bonds. The van der Waals surface area contributed by atoms with Crippen molar-refractivity contribution >= 4 is 22.8 Å². The third-order valence-electron chi connectivity index (χ3n) is 1.77. The van der Waals surface area contributed by atoms with Gasteiger partial charge in [0, 0.05) is 11.5 Å². The summed E-state index contributed by atoms with van der Waals surface area (Å²) in [5.41, 5.74) is -0.0516. The summed E-state index contributed by atoms with van der Waals surface area (Å²) in [5.74, 6) is -0.450. The van der Waals surface area contributed by atoms with Gasteiger partial charge in [-0.1, -0.05) is 13.8 Å². The van der Waals surface area contributed by atoms with Crippen LogP contribution in [0.4, 0.5) is 0 Å². The normalized spacial score (nSPS) is 24.2. The van der Waals surface area contributed by atoms with Gasteiger partial charge < -0.3 is 4.74 Å². The Bertz CT molecular complexity index is 265. The fourth-order valence-corrected chi connectivity index (χ4v) is 1.15. The highest BCUT2D eigenvalue weighted by molar-refractivity contribution is 6.66. The number of hydrogen-bond acceptors (Lipinski definition) is 3. The van der Waals surface area contributed by atoms with E-state index in [1.165, 1.54) is 0 Å². The number of rotatable bonds is 1. The van der Waals surface area contributed by atoms with Crippen molar-refractivity contribution in [2.45, 2.75) is 13.8 Å². The molecule has 1 aliphatic heterocycles. The third kappa shape index (κ3) is 1.67. The van der Waals surface area contributed by atoms with Gasteiger partial charge in [-0.3, -0.25) is 4.79 Å². The van der Waals surface area contributed by atoms with Crippen LogP contribution in [0.2, 0.25) is 0 Å². The maximum absolute atomic E-state index is 11.0. The Balaban J connectivity index is 3.00. The molecule has 1 aliphatic rings. The largest absolute Gasteiger partial charge is 0.461 e. The lowest BCUT2D eigenvalue weighted by atomic mass is 9.87. The number of ether oxygens (including phenoxy) is 1. The maximum atomic E-state index is 11.0. The zero-order chi connectivity index (χ0) is 9.35. The Morgan fingerprint density at radius 3 is 2.58 bits per heavy atom. The molecule has 12 heavy (non-hydrogen) atoms. The molecule has 0 spiro atoms. The molecule has 3 nitrogen and oxygen atoms in total. The van der Waals surface area contributed by atoms with Gasteiger partial charge in [0.1, 0.15) is 6.61 Å². The molecular weight excluding hydrogens is 180 g/mol. The summed E-state index contributed by atoms with van der Waals surface area (Å²) in [6.45, 7) is 3.95. The summed E-state index contributed by atoms with van der Waals surface area (Å²) in [4.78, 5) is 21.5. The first kappa shape index (κ1) is 9.26. The molecule has 1 saturated heterocycles. The van der Waals surface area contributed by atoms with Gasteiger partial charge in [0.15, 0.2) is 0 Å². The lowest BCUT2D eigenvalue weighted by Crippen LogP contribution is -2.14. The zero-order valence-electron chi connectivity index (χ0n) is 6.89. The summed E-state index contributed by atoms with van der Waals surface area (Å²) in [6, 6.07) is 0. The third-order valence-corrected chi connectivity index (χ3v) is 1.88. The molecule has 0 saturated carbocycles. The first-order valence-electron chi connectivity index (χ1n) is 3.52. The summed E-state index contributed by atoms with van der Waals surface area (Å²) >= 11 is 5.13. The van der Waals surface area contributed by atoms with Crippen molar-refractivity contribution in [2.75, 3.05) is 6.61 Å². The molecule has 0 atom stereocenters. The van der Waals surface area contributed by atoms with Gasteiger partial charge in [0.25, 0.3) is 0 Å². The van der Waals surface area contributed by atoms with Crippen LogP contribution in [0.15, 0.2) is 11.6 Å². The van der Waals surface area contributed by atoms with Gasteiger partial charge >= 0.3 is 5.97 Å². The number of cyclic esters (lactones) is 1. The van der Waals surface area contributed by atoms with E-state index in [9.17, 15) is 9.59 Å². The standard InChI is InChI=1S/C8H9ClO3/c1-8(2)4-12-7(11)5(8)3-6(9)10/h3H,4H2,1-2H3/b5-3+. The highest BCUT2D eigenvalue weighted by Gasteiger charge is 2.37. The summed E-state index contributed by atoms with van der Waals surface area (Å²) in [5, 5.41) is -0.642. The lowest BCUT2D eigenvalue weighted by Gasteiger charge is -2.12. The molecular formula is C8H9ClO3. The summed E-state index contributed by atoms with van der Waals surface area (Å²) < 4.78 is 4.76. The molecule has 0 N–H and O–H groups in total. The lowest BCUT2D eigenvalue weighted by molar-refractivity contribution is -0.135. The Kier molecular flexibility index (Phi) is 2.24. The topological polar surface area (TPSA) is 43.4 Å². The van der Waals surface area contributed by atoms with Crippen molar-refractivity contribution in [3.8, 4) is 0 Å². The minimum Gasteiger partial charge on any atom is -0.461 e. The minimum atomic E-state index is -0.642. The zero-order valence-corrected chi connectivity index (χ0v) is 7.64. The van der Waals surface area contributed by atoms with E-state index in [2.05, 4.69) is 0 Å². The van der Waals surface area contributed by atoms with Crippen LogP contribution in [0.3, 0.4) is 0 Å². The number of hydrogen-bond donors (Lipinski definition) is 0. The number of allylic oxidation sites excluding steroid dienone is 1. The second-order valence-corrected chi connectivity index (χ2v) is 3.69.